The van der Waals surface area contributed by atoms with Crippen molar-refractivity contribution < 1.29 is 28.6 Å². The van der Waals surface area contributed by atoms with E-state index >= 15 is 0 Å². The third kappa shape index (κ3) is 6.60. The number of hydrogen-bond acceptors (Lipinski definition) is 6. The number of esters is 1. The molecule has 1 aromatic rings. The highest BCUT2D eigenvalue weighted by Gasteiger charge is 2.50. The molecule has 0 bridgehead atoms. The van der Waals surface area contributed by atoms with Crippen molar-refractivity contribution in [2.75, 3.05) is 0 Å². The van der Waals surface area contributed by atoms with Gasteiger partial charge < -0.3 is 14.2 Å². The normalized spacial score (nSPS) is 18.7. The largest absolute Gasteiger partial charge is 0.486 e. The molecule has 162 valence electrons. The molecule has 2 rings (SSSR count). The minimum absolute atomic E-state index is 0.509. The fraction of sp³-hybridized carbons (Fsp3) is 0.619. The maximum Gasteiger partial charge on any atom is 0.431 e. The molecule has 1 aromatic carbocycles. The average Bonchev–Trinajstić information content (AvgIpc) is 2.56. The fourth-order valence-corrected chi connectivity index (χ4v) is 3.22. The summed E-state index contributed by atoms with van der Waals surface area (Å²) in [5.74, 6) is 0.0340. The Balaban J connectivity index is 2.23. The number of carbonyl (C=O) groups excluding carboxylic acids is 2. The van der Waals surface area contributed by atoms with Gasteiger partial charge in [-0.1, -0.05) is 15.9 Å². The Morgan fingerprint density at radius 2 is 1.69 bits per heavy atom. The molecule has 1 N–H and O–H groups in total. The van der Waals surface area contributed by atoms with E-state index in [2.05, 4.69) is 21.4 Å². The second-order valence-electron chi connectivity index (χ2n) is 9.21. The summed E-state index contributed by atoms with van der Waals surface area (Å²) >= 11 is 3.45. The van der Waals surface area contributed by atoms with E-state index in [1.54, 1.807) is 48.5 Å². The lowest BCUT2D eigenvalue weighted by molar-refractivity contribution is -0.205. The van der Waals surface area contributed by atoms with Crippen LogP contribution in [0.25, 0.3) is 0 Å². The van der Waals surface area contributed by atoms with Gasteiger partial charge in [-0.05, 0) is 85.1 Å². The predicted octanol–water partition coefficient (Wildman–Crippen LogP) is 4.70. The van der Waals surface area contributed by atoms with Crippen LogP contribution in [0.3, 0.4) is 0 Å². The summed E-state index contributed by atoms with van der Waals surface area (Å²) in [5.41, 5.74) is 0.247. The number of halogens is 1. The van der Waals surface area contributed by atoms with Crippen LogP contribution in [-0.4, -0.2) is 35.0 Å². The second-order valence-corrected chi connectivity index (χ2v) is 10.1. The number of aryl methyl sites for hydroxylation is 1. The minimum Gasteiger partial charge on any atom is -0.486 e. The standard InChI is InChI=1S/C21H30BrNO6/c1-19(2,3)27-17(24)21(7,29-23-18(25)28-20(4,5)6)16-11-8-13-12-14(22)9-10-15(13)26-16/h9-10,12,16H,8,11H2,1-7H3,(H,23,25)/t16-,21-/m0/s1. The minimum atomic E-state index is -1.57. The fourth-order valence-electron chi connectivity index (χ4n) is 2.81. The van der Waals surface area contributed by atoms with E-state index in [4.69, 9.17) is 19.0 Å². The number of rotatable bonds is 4. The first kappa shape index (κ1) is 23.5. The quantitative estimate of drug-likeness (QED) is 0.505. The Morgan fingerprint density at radius 3 is 2.28 bits per heavy atom. The molecule has 0 radical (unpaired) electrons. The van der Waals surface area contributed by atoms with Crippen molar-refractivity contribution in [3.63, 3.8) is 0 Å². The number of amides is 1. The second kappa shape index (κ2) is 8.52. The summed E-state index contributed by atoms with van der Waals surface area (Å²) in [6.07, 6.45) is -0.267. The first-order valence-electron chi connectivity index (χ1n) is 9.55. The summed E-state index contributed by atoms with van der Waals surface area (Å²) < 4.78 is 17.8. The molecule has 29 heavy (non-hydrogen) atoms. The zero-order chi connectivity index (χ0) is 22.0. The van der Waals surface area contributed by atoms with E-state index in [0.717, 1.165) is 10.0 Å². The van der Waals surface area contributed by atoms with Gasteiger partial charge in [0.2, 0.25) is 5.60 Å². The number of hydroxylamine groups is 1. The lowest BCUT2D eigenvalue weighted by Gasteiger charge is -2.38. The maximum absolute atomic E-state index is 13.0. The van der Waals surface area contributed by atoms with Crippen LogP contribution < -0.4 is 10.2 Å². The van der Waals surface area contributed by atoms with Gasteiger partial charge in [-0.2, -0.15) is 5.48 Å². The van der Waals surface area contributed by atoms with Gasteiger partial charge in [-0.25, -0.2) is 14.4 Å². The summed E-state index contributed by atoms with van der Waals surface area (Å²) in [4.78, 5) is 30.7. The van der Waals surface area contributed by atoms with E-state index in [1.807, 2.05) is 18.2 Å². The van der Waals surface area contributed by atoms with Gasteiger partial charge in [-0.3, -0.25) is 0 Å². The zero-order valence-electron chi connectivity index (χ0n) is 18.1. The van der Waals surface area contributed by atoms with Crippen molar-refractivity contribution in [1.29, 1.82) is 0 Å². The Morgan fingerprint density at radius 1 is 1.07 bits per heavy atom. The van der Waals surface area contributed by atoms with Crippen LogP contribution in [0.2, 0.25) is 0 Å². The molecule has 2 atom stereocenters. The monoisotopic (exact) mass is 471 g/mol. The maximum atomic E-state index is 13.0. The Kier molecular flexibility index (Phi) is 6.89. The van der Waals surface area contributed by atoms with E-state index in [1.165, 1.54) is 0 Å². The van der Waals surface area contributed by atoms with Crippen molar-refractivity contribution in [2.24, 2.45) is 0 Å². The molecule has 0 spiro atoms. The van der Waals surface area contributed by atoms with Crippen LogP contribution in [-0.2, 0) is 25.5 Å². The van der Waals surface area contributed by atoms with Crippen molar-refractivity contribution in [2.45, 2.75) is 84.2 Å². The molecular formula is C21H30BrNO6. The summed E-state index contributed by atoms with van der Waals surface area (Å²) in [5, 5.41) is 0. The van der Waals surface area contributed by atoms with E-state index in [-0.39, 0.29) is 0 Å². The molecule has 0 saturated carbocycles. The SMILES string of the molecule is CC(C)(C)OC(=O)NO[C@](C)(C(=O)OC(C)(C)C)[C@@H]1CCc2cc(Br)ccc2O1. The molecule has 0 aromatic heterocycles. The molecule has 1 heterocycles. The van der Waals surface area contributed by atoms with Gasteiger partial charge in [0.05, 0.1) is 0 Å². The molecule has 1 aliphatic rings. The van der Waals surface area contributed by atoms with Gasteiger partial charge >= 0.3 is 12.1 Å². The molecule has 0 unspecified atom stereocenters. The molecule has 8 heteroatoms. The number of nitrogens with one attached hydrogen (secondary N) is 1. The van der Waals surface area contributed by atoms with Crippen molar-refractivity contribution >= 4 is 28.0 Å². The summed E-state index contributed by atoms with van der Waals surface area (Å²) in [7, 11) is 0. The Hall–Kier alpha value is -1.80. The third-order valence-electron chi connectivity index (χ3n) is 4.13. The van der Waals surface area contributed by atoms with Crippen LogP contribution in [0.4, 0.5) is 4.79 Å². The lowest BCUT2D eigenvalue weighted by atomic mass is 9.90. The first-order chi connectivity index (χ1) is 13.2. The smallest absolute Gasteiger partial charge is 0.431 e. The first-order valence-corrected chi connectivity index (χ1v) is 10.3. The van der Waals surface area contributed by atoms with Crippen LogP contribution in [0.15, 0.2) is 22.7 Å². The third-order valence-corrected chi connectivity index (χ3v) is 4.62. The van der Waals surface area contributed by atoms with Crippen molar-refractivity contribution in [1.82, 2.24) is 5.48 Å². The average molecular weight is 472 g/mol. The molecular weight excluding hydrogens is 442 g/mol. The topological polar surface area (TPSA) is 83.1 Å². The molecule has 0 aliphatic carbocycles. The van der Waals surface area contributed by atoms with Crippen LogP contribution in [0.5, 0.6) is 5.75 Å². The van der Waals surface area contributed by atoms with Crippen LogP contribution >= 0.6 is 15.9 Å². The van der Waals surface area contributed by atoms with E-state index in [0.29, 0.717) is 18.6 Å². The lowest BCUT2D eigenvalue weighted by Crippen LogP contribution is -2.58. The Labute approximate surface area is 180 Å². The van der Waals surface area contributed by atoms with Gasteiger partial charge in [0.1, 0.15) is 23.1 Å². The molecule has 1 amide bonds. The number of benzene rings is 1. The molecule has 1 aliphatic heterocycles. The van der Waals surface area contributed by atoms with Gasteiger partial charge in [0, 0.05) is 4.47 Å². The summed E-state index contributed by atoms with van der Waals surface area (Å²) in [6, 6.07) is 5.68. The van der Waals surface area contributed by atoms with E-state index < -0.39 is 35.0 Å². The number of carbonyl (C=O) groups is 2. The van der Waals surface area contributed by atoms with Crippen molar-refractivity contribution in [3.05, 3.63) is 28.2 Å². The predicted molar refractivity (Wildman–Crippen MR) is 112 cm³/mol. The molecule has 0 fully saturated rings. The zero-order valence-corrected chi connectivity index (χ0v) is 19.6. The number of fused-ring (bicyclic) bond motifs is 1. The molecule has 0 saturated heterocycles. The van der Waals surface area contributed by atoms with Crippen LogP contribution in [0, 0.1) is 0 Å². The number of ether oxygens (including phenoxy) is 3. The van der Waals surface area contributed by atoms with Gasteiger partial charge in [-0.15, -0.1) is 0 Å². The summed E-state index contributed by atoms with van der Waals surface area (Å²) in [6.45, 7) is 12.0. The van der Waals surface area contributed by atoms with E-state index in [9.17, 15) is 9.59 Å². The highest BCUT2D eigenvalue weighted by atomic mass is 79.9. The van der Waals surface area contributed by atoms with Gasteiger partial charge in [0.15, 0.2) is 0 Å². The van der Waals surface area contributed by atoms with Crippen molar-refractivity contribution in [3.8, 4) is 5.75 Å². The number of hydrogen-bond donors (Lipinski definition) is 1. The van der Waals surface area contributed by atoms with Crippen LogP contribution in [0.1, 0.15) is 60.5 Å². The highest BCUT2D eigenvalue weighted by Crippen LogP contribution is 2.35. The highest BCUT2D eigenvalue weighted by molar-refractivity contribution is 9.10. The molecule has 7 nitrogen and oxygen atoms in total. The van der Waals surface area contributed by atoms with Gasteiger partial charge in [0.25, 0.3) is 0 Å². The Bertz CT molecular complexity index is 767.